The van der Waals surface area contributed by atoms with Gasteiger partial charge in [-0.3, -0.25) is 4.98 Å². The Balaban J connectivity index is 1.88. The molecule has 38 heavy (non-hydrogen) atoms. The van der Waals surface area contributed by atoms with E-state index in [2.05, 4.69) is 15.0 Å². The second kappa shape index (κ2) is 10.3. The van der Waals surface area contributed by atoms with E-state index < -0.39 is 34.4 Å². The Bertz CT molecular complexity index is 1470. The molecule has 12 heteroatoms. The third-order valence-corrected chi connectivity index (χ3v) is 6.45. The molecular formula is C26H30ClFN6O4. The van der Waals surface area contributed by atoms with Crippen LogP contribution in [0, 0.1) is 12.7 Å². The number of fused-ring (bicyclic) bond motifs is 1. The molecule has 10 nitrogen and oxygen atoms in total. The Labute approximate surface area is 224 Å². The van der Waals surface area contributed by atoms with Crippen molar-refractivity contribution >= 4 is 40.8 Å². The van der Waals surface area contributed by atoms with Gasteiger partial charge in [0.15, 0.2) is 16.6 Å². The number of hydrogen-bond acceptors (Lipinski definition) is 8. The highest BCUT2D eigenvalue weighted by Crippen LogP contribution is 2.32. The minimum Gasteiger partial charge on any atom is -0.444 e. The van der Waals surface area contributed by atoms with Crippen LogP contribution in [0.1, 0.15) is 51.8 Å². The number of carbonyl (C=O) groups is 2. The monoisotopic (exact) mass is 544 g/mol. The van der Waals surface area contributed by atoms with Crippen molar-refractivity contribution in [1.82, 2.24) is 24.4 Å². The summed E-state index contributed by atoms with van der Waals surface area (Å²) in [5.41, 5.74) is 0.592. The Morgan fingerprint density at radius 2 is 1.97 bits per heavy atom. The molecule has 1 amide bonds. The molecule has 0 spiro atoms. The SMILES string of the molecule is Cc1ccnc(C(C)C)c1-n1c(=O)nc(N2CCN(C(=O)OC(C)(C)C)CC2C=O)c2cc(F)c(Cl)nc21. The lowest BCUT2D eigenvalue weighted by Crippen LogP contribution is -2.57. The maximum Gasteiger partial charge on any atom is 0.410 e. The highest BCUT2D eigenvalue weighted by molar-refractivity contribution is 6.30. The van der Waals surface area contributed by atoms with E-state index >= 15 is 0 Å². The van der Waals surface area contributed by atoms with E-state index in [1.807, 2.05) is 20.8 Å². The van der Waals surface area contributed by atoms with Gasteiger partial charge in [0.2, 0.25) is 0 Å². The third-order valence-electron chi connectivity index (χ3n) is 6.18. The van der Waals surface area contributed by atoms with Gasteiger partial charge in [-0.15, -0.1) is 0 Å². The summed E-state index contributed by atoms with van der Waals surface area (Å²) in [7, 11) is 0. The van der Waals surface area contributed by atoms with Crippen molar-refractivity contribution in [3.05, 3.63) is 51.0 Å². The number of pyridine rings is 2. The normalized spacial score (nSPS) is 16.3. The fourth-order valence-electron chi connectivity index (χ4n) is 4.47. The quantitative estimate of drug-likeness (QED) is 0.358. The first-order valence-electron chi connectivity index (χ1n) is 12.3. The summed E-state index contributed by atoms with van der Waals surface area (Å²) in [5, 5.41) is -0.209. The Morgan fingerprint density at radius 1 is 1.26 bits per heavy atom. The van der Waals surface area contributed by atoms with Crippen LogP contribution in [0.3, 0.4) is 0 Å². The predicted octanol–water partition coefficient (Wildman–Crippen LogP) is 4.02. The Hall–Kier alpha value is -3.60. The van der Waals surface area contributed by atoms with E-state index in [-0.39, 0.29) is 42.4 Å². The number of carbonyl (C=O) groups excluding carboxylic acids is 2. The minimum atomic E-state index is -0.854. The van der Waals surface area contributed by atoms with Crippen molar-refractivity contribution in [2.75, 3.05) is 24.5 Å². The number of amides is 1. The fraction of sp³-hybridized carbons (Fsp3) is 0.462. The van der Waals surface area contributed by atoms with Crippen molar-refractivity contribution in [1.29, 1.82) is 0 Å². The number of ether oxygens (including phenoxy) is 1. The molecule has 0 bridgehead atoms. The number of aromatic nitrogens is 4. The zero-order valence-electron chi connectivity index (χ0n) is 22.2. The largest absolute Gasteiger partial charge is 0.444 e. The predicted molar refractivity (Wildman–Crippen MR) is 142 cm³/mol. The van der Waals surface area contributed by atoms with Gasteiger partial charge in [0, 0.05) is 19.3 Å². The van der Waals surface area contributed by atoms with Gasteiger partial charge in [-0.05, 0) is 51.3 Å². The van der Waals surface area contributed by atoms with E-state index in [0.717, 1.165) is 11.6 Å². The van der Waals surface area contributed by atoms with Gasteiger partial charge in [-0.25, -0.2) is 23.5 Å². The lowest BCUT2D eigenvalue weighted by Gasteiger charge is -2.40. The summed E-state index contributed by atoms with van der Waals surface area (Å²) < 4.78 is 21.5. The molecule has 0 aromatic carbocycles. The van der Waals surface area contributed by atoms with Gasteiger partial charge in [0.05, 0.1) is 23.3 Å². The van der Waals surface area contributed by atoms with Gasteiger partial charge in [-0.1, -0.05) is 25.4 Å². The molecule has 0 radical (unpaired) electrons. The Morgan fingerprint density at radius 3 is 2.61 bits per heavy atom. The first-order chi connectivity index (χ1) is 17.8. The molecule has 3 aromatic rings. The molecule has 0 aliphatic carbocycles. The maximum absolute atomic E-state index is 14.7. The standard InChI is InChI=1S/C26H30ClFN6O4/c1-14(2)19-20(15(3)7-8-29-19)34-23-17(11-18(28)21(27)30-23)22(31-24(34)36)33-10-9-32(12-16(33)13-35)25(37)38-26(4,5)6/h7-8,11,13-14,16H,9-10,12H2,1-6H3. The highest BCUT2D eigenvalue weighted by Gasteiger charge is 2.34. The minimum absolute atomic E-state index is 0.00732. The van der Waals surface area contributed by atoms with Crippen molar-refractivity contribution in [2.45, 2.75) is 59.1 Å². The molecule has 0 N–H and O–H groups in total. The van der Waals surface area contributed by atoms with Crippen LogP contribution in [0.15, 0.2) is 23.1 Å². The summed E-state index contributed by atoms with van der Waals surface area (Å²) in [6, 6.07) is 2.06. The third kappa shape index (κ3) is 5.20. The molecule has 202 valence electrons. The van der Waals surface area contributed by atoms with Crippen molar-refractivity contribution in [3.63, 3.8) is 0 Å². The van der Waals surface area contributed by atoms with Gasteiger partial charge in [0.1, 0.15) is 23.7 Å². The molecule has 4 heterocycles. The molecule has 1 atom stereocenters. The second-order valence-corrected chi connectivity index (χ2v) is 10.9. The Kier molecular flexibility index (Phi) is 7.42. The van der Waals surface area contributed by atoms with Crippen LogP contribution in [0.25, 0.3) is 16.7 Å². The lowest BCUT2D eigenvalue weighted by molar-refractivity contribution is -0.109. The van der Waals surface area contributed by atoms with Crippen LogP contribution in [0.5, 0.6) is 0 Å². The summed E-state index contributed by atoms with van der Waals surface area (Å²) >= 11 is 6.08. The van der Waals surface area contributed by atoms with Crippen molar-refractivity contribution in [3.8, 4) is 5.69 Å². The summed E-state index contributed by atoms with van der Waals surface area (Å²) in [5.74, 6) is -0.754. The molecular weight excluding hydrogens is 515 g/mol. The van der Waals surface area contributed by atoms with Crippen LogP contribution in [-0.4, -0.2) is 68.1 Å². The summed E-state index contributed by atoms with van der Waals surface area (Å²) in [4.78, 5) is 54.3. The van der Waals surface area contributed by atoms with Crippen molar-refractivity contribution in [2.24, 2.45) is 0 Å². The summed E-state index contributed by atoms with van der Waals surface area (Å²) in [6.45, 7) is 11.3. The van der Waals surface area contributed by atoms with Crippen LogP contribution < -0.4 is 10.6 Å². The maximum atomic E-state index is 14.7. The van der Waals surface area contributed by atoms with E-state index in [0.29, 0.717) is 17.7 Å². The van der Waals surface area contributed by atoms with Gasteiger partial charge < -0.3 is 19.3 Å². The lowest BCUT2D eigenvalue weighted by atomic mass is 10.0. The zero-order valence-corrected chi connectivity index (χ0v) is 22.9. The second-order valence-electron chi connectivity index (χ2n) is 10.5. The average Bonchev–Trinajstić information content (AvgIpc) is 2.83. The van der Waals surface area contributed by atoms with E-state index in [1.54, 1.807) is 37.9 Å². The number of anilines is 1. The first kappa shape index (κ1) is 27.4. The fourth-order valence-corrected chi connectivity index (χ4v) is 4.61. The molecule has 1 unspecified atom stereocenters. The molecule has 3 aromatic heterocycles. The van der Waals surface area contributed by atoms with Gasteiger partial charge in [-0.2, -0.15) is 4.98 Å². The van der Waals surface area contributed by atoms with Crippen LogP contribution in [0.4, 0.5) is 15.0 Å². The number of aryl methyl sites for hydroxylation is 1. The molecule has 1 aliphatic heterocycles. The van der Waals surface area contributed by atoms with E-state index in [9.17, 15) is 18.8 Å². The molecule has 4 rings (SSSR count). The first-order valence-corrected chi connectivity index (χ1v) is 12.6. The van der Waals surface area contributed by atoms with Crippen molar-refractivity contribution < 1.29 is 18.7 Å². The smallest absolute Gasteiger partial charge is 0.410 e. The molecule has 1 aliphatic rings. The zero-order chi connectivity index (χ0) is 27.9. The summed E-state index contributed by atoms with van der Waals surface area (Å²) in [6.07, 6.45) is 1.77. The number of rotatable bonds is 4. The van der Waals surface area contributed by atoms with E-state index in [1.165, 1.54) is 9.47 Å². The highest BCUT2D eigenvalue weighted by atomic mass is 35.5. The van der Waals surface area contributed by atoms with Crippen LogP contribution >= 0.6 is 11.6 Å². The molecule has 1 fully saturated rings. The average molecular weight is 545 g/mol. The number of halogens is 2. The van der Waals surface area contributed by atoms with Gasteiger partial charge in [0.25, 0.3) is 0 Å². The van der Waals surface area contributed by atoms with E-state index in [4.69, 9.17) is 16.3 Å². The van der Waals surface area contributed by atoms with Crippen LogP contribution in [-0.2, 0) is 9.53 Å². The molecule has 0 saturated carbocycles. The topological polar surface area (TPSA) is 111 Å². The number of hydrogen-bond donors (Lipinski definition) is 0. The van der Waals surface area contributed by atoms with Crippen LogP contribution in [0.2, 0.25) is 5.15 Å². The molecule has 1 saturated heterocycles. The number of aldehydes is 1. The number of nitrogens with zero attached hydrogens (tertiary/aromatic N) is 6. The number of piperazine rings is 1. The van der Waals surface area contributed by atoms with Gasteiger partial charge >= 0.3 is 11.8 Å².